The molecule has 0 fully saturated rings. The summed E-state index contributed by atoms with van der Waals surface area (Å²) in [5, 5.41) is 2.70. The van der Waals surface area contributed by atoms with Crippen LogP contribution >= 0.6 is 11.3 Å². The van der Waals surface area contributed by atoms with Gasteiger partial charge in [-0.15, -0.1) is 11.3 Å². The molecule has 0 saturated carbocycles. The Kier molecular flexibility index (Phi) is 2.65. The van der Waals surface area contributed by atoms with E-state index < -0.39 is 0 Å². The Morgan fingerprint density at radius 1 is 1.29 bits per heavy atom. The molecular formula is C10H10N2OS. The van der Waals surface area contributed by atoms with Crippen molar-refractivity contribution in [1.29, 1.82) is 0 Å². The van der Waals surface area contributed by atoms with Crippen LogP contribution in [0, 0.1) is 0 Å². The maximum atomic E-state index is 5.50. The lowest BCUT2D eigenvalue weighted by atomic mass is 10.3. The van der Waals surface area contributed by atoms with Crippen LogP contribution in [0.3, 0.4) is 0 Å². The van der Waals surface area contributed by atoms with Crippen molar-refractivity contribution < 1.29 is 4.74 Å². The van der Waals surface area contributed by atoms with Crippen LogP contribution in [0.5, 0.6) is 5.75 Å². The summed E-state index contributed by atoms with van der Waals surface area (Å²) in [6, 6.07) is 9.65. The fourth-order valence-electron chi connectivity index (χ4n) is 1.05. The first-order valence-electron chi connectivity index (χ1n) is 4.22. The second-order valence-electron chi connectivity index (χ2n) is 2.77. The van der Waals surface area contributed by atoms with Gasteiger partial charge in [0, 0.05) is 5.38 Å². The maximum Gasteiger partial charge on any atom is 0.140 e. The largest absolute Gasteiger partial charge is 0.486 e. The quantitative estimate of drug-likeness (QED) is 0.838. The van der Waals surface area contributed by atoms with Crippen molar-refractivity contribution in [2.75, 3.05) is 5.73 Å². The molecular weight excluding hydrogens is 196 g/mol. The Morgan fingerprint density at radius 2 is 2.07 bits per heavy atom. The van der Waals surface area contributed by atoms with E-state index in [0.717, 1.165) is 10.8 Å². The predicted molar refractivity (Wildman–Crippen MR) is 57.3 cm³/mol. The van der Waals surface area contributed by atoms with Crippen molar-refractivity contribution in [1.82, 2.24) is 4.98 Å². The smallest absolute Gasteiger partial charge is 0.140 e. The van der Waals surface area contributed by atoms with Gasteiger partial charge in [-0.05, 0) is 12.1 Å². The van der Waals surface area contributed by atoms with Gasteiger partial charge < -0.3 is 10.5 Å². The molecule has 0 bridgehead atoms. The Morgan fingerprint density at radius 3 is 2.71 bits per heavy atom. The summed E-state index contributed by atoms with van der Waals surface area (Å²) < 4.78 is 5.50. The Balaban J connectivity index is 1.95. The van der Waals surface area contributed by atoms with Gasteiger partial charge in [-0.2, -0.15) is 0 Å². The monoisotopic (exact) mass is 206 g/mol. The Bertz CT molecular complexity index is 400. The van der Waals surface area contributed by atoms with E-state index >= 15 is 0 Å². The highest BCUT2D eigenvalue weighted by Crippen LogP contribution is 2.15. The third-order valence-electron chi connectivity index (χ3n) is 1.68. The van der Waals surface area contributed by atoms with Gasteiger partial charge >= 0.3 is 0 Å². The first-order chi connectivity index (χ1) is 6.84. The van der Waals surface area contributed by atoms with E-state index in [-0.39, 0.29) is 0 Å². The average molecular weight is 206 g/mol. The number of rotatable bonds is 3. The number of nitrogens with zero attached hydrogens (tertiary/aromatic N) is 1. The molecule has 1 heterocycles. The standard InChI is InChI=1S/C10H10N2OS/c11-9-7-14-10(12-9)6-13-8-4-2-1-3-5-8/h1-5,7H,6,11H2. The number of nitrogens with two attached hydrogens (primary N) is 1. The van der Waals surface area contributed by atoms with E-state index in [1.165, 1.54) is 11.3 Å². The molecule has 0 aliphatic carbocycles. The van der Waals surface area contributed by atoms with Crippen molar-refractivity contribution in [2.24, 2.45) is 0 Å². The highest BCUT2D eigenvalue weighted by Gasteiger charge is 1.99. The third kappa shape index (κ3) is 2.23. The Labute approximate surface area is 86.2 Å². The molecule has 1 aromatic carbocycles. The van der Waals surface area contributed by atoms with Gasteiger partial charge in [0.05, 0.1) is 0 Å². The van der Waals surface area contributed by atoms with Crippen molar-refractivity contribution in [2.45, 2.75) is 6.61 Å². The van der Waals surface area contributed by atoms with Crippen LogP contribution in [-0.2, 0) is 6.61 Å². The molecule has 0 atom stereocenters. The average Bonchev–Trinajstić information content (AvgIpc) is 2.63. The van der Waals surface area contributed by atoms with Gasteiger partial charge in [0.15, 0.2) is 0 Å². The predicted octanol–water partition coefficient (Wildman–Crippen LogP) is 2.30. The van der Waals surface area contributed by atoms with E-state index in [1.807, 2.05) is 35.7 Å². The van der Waals surface area contributed by atoms with E-state index in [1.54, 1.807) is 0 Å². The van der Waals surface area contributed by atoms with Gasteiger partial charge in [-0.1, -0.05) is 18.2 Å². The number of hydrogen-bond donors (Lipinski definition) is 1. The maximum absolute atomic E-state index is 5.50. The molecule has 2 aromatic rings. The van der Waals surface area contributed by atoms with Crippen molar-refractivity contribution in [3.63, 3.8) is 0 Å². The first-order valence-corrected chi connectivity index (χ1v) is 5.10. The SMILES string of the molecule is Nc1csc(COc2ccccc2)n1. The van der Waals surface area contributed by atoms with Gasteiger partial charge in [-0.25, -0.2) is 4.98 Å². The number of aromatic nitrogens is 1. The summed E-state index contributed by atoms with van der Waals surface area (Å²) in [7, 11) is 0. The van der Waals surface area contributed by atoms with Crippen molar-refractivity contribution in [3.05, 3.63) is 40.7 Å². The number of nitrogen functional groups attached to an aromatic ring is 1. The van der Waals surface area contributed by atoms with E-state index in [2.05, 4.69) is 4.98 Å². The fourth-order valence-corrected chi connectivity index (χ4v) is 1.65. The lowest BCUT2D eigenvalue weighted by molar-refractivity contribution is 0.305. The topological polar surface area (TPSA) is 48.1 Å². The molecule has 3 nitrogen and oxygen atoms in total. The van der Waals surface area contributed by atoms with Crippen LogP contribution < -0.4 is 10.5 Å². The zero-order chi connectivity index (χ0) is 9.80. The molecule has 4 heteroatoms. The number of hydrogen-bond acceptors (Lipinski definition) is 4. The lowest BCUT2D eigenvalue weighted by Gasteiger charge is -2.02. The van der Waals surface area contributed by atoms with Crippen LogP contribution in [0.15, 0.2) is 35.7 Å². The summed E-state index contributed by atoms with van der Waals surface area (Å²) in [6.45, 7) is 0.478. The molecule has 0 spiro atoms. The normalized spacial score (nSPS) is 10.0. The molecule has 0 radical (unpaired) electrons. The lowest BCUT2D eigenvalue weighted by Crippen LogP contribution is -1.95. The summed E-state index contributed by atoms with van der Waals surface area (Å²) in [5.41, 5.74) is 5.49. The molecule has 0 amide bonds. The molecule has 2 rings (SSSR count). The molecule has 2 N–H and O–H groups in total. The zero-order valence-electron chi connectivity index (χ0n) is 7.51. The second kappa shape index (κ2) is 4.11. The molecule has 0 aliphatic rings. The van der Waals surface area contributed by atoms with Crippen LogP contribution in [0.1, 0.15) is 5.01 Å². The first kappa shape index (κ1) is 9.02. The second-order valence-corrected chi connectivity index (χ2v) is 3.71. The van der Waals surface area contributed by atoms with Crippen LogP contribution in [-0.4, -0.2) is 4.98 Å². The van der Waals surface area contributed by atoms with Crippen LogP contribution in [0.25, 0.3) is 0 Å². The summed E-state index contributed by atoms with van der Waals surface area (Å²) in [5.74, 6) is 1.41. The molecule has 0 saturated heterocycles. The number of benzene rings is 1. The zero-order valence-corrected chi connectivity index (χ0v) is 8.33. The van der Waals surface area contributed by atoms with E-state index in [0.29, 0.717) is 12.4 Å². The molecule has 14 heavy (non-hydrogen) atoms. The minimum absolute atomic E-state index is 0.478. The highest BCUT2D eigenvalue weighted by atomic mass is 32.1. The summed E-state index contributed by atoms with van der Waals surface area (Å²) >= 11 is 1.51. The highest BCUT2D eigenvalue weighted by molar-refractivity contribution is 7.09. The minimum Gasteiger partial charge on any atom is -0.486 e. The number of ether oxygens (including phenoxy) is 1. The number of thiazole rings is 1. The molecule has 0 aliphatic heterocycles. The number of anilines is 1. The van der Waals surface area contributed by atoms with Gasteiger partial charge in [0.25, 0.3) is 0 Å². The summed E-state index contributed by atoms with van der Waals surface area (Å²) in [4.78, 5) is 4.10. The van der Waals surface area contributed by atoms with E-state index in [9.17, 15) is 0 Å². The van der Waals surface area contributed by atoms with Gasteiger partial charge in [0.2, 0.25) is 0 Å². The van der Waals surface area contributed by atoms with Crippen molar-refractivity contribution in [3.8, 4) is 5.75 Å². The molecule has 1 aromatic heterocycles. The minimum atomic E-state index is 0.478. The number of para-hydroxylation sites is 1. The molecule has 0 unspecified atom stereocenters. The van der Waals surface area contributed by atoms with Gasteiger partial charge in [-0.3, -0.25) is 0 Å². The Hall–Kier alpha value is -1.55. The van der Waals surface area contributed by atoms with Crippen LogP contribution in [0.2, 0.25) is 0 Å². The van der Waals surface area contributed by atoms with Crippen molar-refractivity contribution >= 4 is 17.2 Å². The molecule has 72 valence electrons. The fraction of sp³-hybridized carbons (Fsp3) is 0.100. The van der Waals surface area contributed by atoms with Gasteiger partial charge in [0.1, 0.15) is 23.2 Å². The summed E-state index contributed by atoms with van der Waals surface area (Å²) in [6.07, 6.45) is 0. The van der Waals surface area contributed by atoms with Crippen LogP contribution in [0.4, 0.5) is 5.82 Å². The third-order valence-corrected chi connectivity index (χ3v) is 2.52. The van der Waals surface area contributed by atoms with E-state index in [4.69, 9.17) is 10.5 Å².